The molecule has 1 aromatic heterocycles. The molecular formula is C19H17ClN2O2. The fourth-order valence-electron chi connectivity index (χ4n) is 2.41. The number of anilines is 1. The quantitative estimate of drug-likeness (QED) is 0.759. The van der Waals surface area contributed by atoms with Crippen LogP contribution >= 0.6 is 11.6 Å². The van der Waals surface area contributed by atoms with Gasteiger partial charge in [-0.25, -0.2) is 0 Å². The maximum Gasteiger partial charge on any atom is 0.262 e. The van der Waals surface area contributed by atoms with Gasteiger partial charge in [-0.3, -0.25) is 9.78 Å². The molecule has 3 rings (SSSR count). The molecule has 0 saturated carbocycles. The van der Waals surface area contributed by atoms with E-state index in [9.17, 15) is 4.79 Å². The largest absolute Gasteiger partial charge is 0.484 e. The van der Waals surface area contributed by atoms with Crippen LogP contribution in [0, 0.1) is 13.8 Å². The molecule has 0 aliphatic rings. The van der Waals surface area contributed by atoms with Crippen LogP contribution in [0.2, 0.25) is 5.02 Å². The van der Waals surface area contributed by atoms with Crippen LogP contribution in [0.25, 0.3) is 10.9 Å². The lowest BCUT2D eigenvalue weighted by Gasteiger charge is -2.10. The van der Waals surface area contributed by atoms with Gasteiger partial charge in [0.05, 0.1) is 11.2 Å². The molecule has 3 aromatic rings. The number of pyridine rings is 1. The fourth-order valence-corrected chi connectivity index (χ4v) is 2.53. The number of carbonyl (C=O) groups is 1. The highest BCUT2D eigenvalue weighted by Crippen LogP contribution is 2.23. The first kappa shape index (κ1) is 16.3. The lowest BCUT2D eigenvalue weighted by atomic mass is 10.1. The number of carbonyl (C=O) groups excluding carboxylic acids is 1. The van der Waals surface area contributed by atoms with Gasteiger partial charge < -0.3 is 10.1 Å². The van der Waals surface area contributed by atoms with Crippen LogP contribution in [0.15, 0.2) is 48.5 Å². The van der Waals surface area contributed by atoms with E-state index >= 15 is 0 Å². The zero-order valence-corrected chi connectivity index (χ0v) is 14.2. The number of aryl methyl sites for hydroxylation is 2. The molecule has 0 fully saturated rings. The Morgan fingerprint density at radius 1 is 1.17 bits per heavy atom. The summed E-state index contributed by atoms with van der Waals surface area (Å²) in [4.78, 5) is 16.6. The average molecular weight is 341 g/mol. The highest BCUT2D eigenvalue weighted by molar-refractivity contribution is 6.31. The Kier molecular flexibility index (Phi) is 4.67. The Labute approximate surface area is 145 Å². The summed E-state index contributed by atoms with van der Waals surface area (Å²) in [5.41, 5.74) is 3.42. The number of hydrogen-bond donors (Lipinski definition) is 1. The Balaban J connectivity index is 1.70. The van der Waals surface area contributed by atoms with E-state index in [0.29, 0.717) is 10.8 Å². The van der Waals surface area contributed by atoms with Crippen LogP contribution in [-0.2, 0) is 4.79 Å². The molecule has 1 heterocycles. The fraction of sp³-hybridized carbons (Fsp3) is 0.158. The minimum Gasteiger partial charge on any atom is -0.484 e. The van der Waals surface area contributed by atoms with Gasteiger partial charge in [0, 0.05) is 16.1 Å². The number of nitrogens with one attached hydrogen (secondary N) is 1. The van der Waals surface area contributed by atoms with Gasteiger partial charge in [0.25, 0.3) is 5.91 Å². The number of aromatic nitrogens is 1. The van der Waals surface area contributed by atoms with Crippen LogP contribution in [0.1, 0.15) is 11.3 Å². The minimum absolute atomic E-state index is 0.0727. The molecule has 0 atom stereocenters. The average Bonchev–Trinajstić information content (AvgIpc) is 2.56. The van der Waals surface area contributed by atoms with E-state index in [2.05, 4.69) is 10.3 Å². The van der Waals surface area contributed by atoms with Crippen molar-refractivity contribution in [3.63, 3.8) is 0 Å². The first-order valence-corrected chi connectivity index (χ1v) is 7.96. The molecule has 0 aliphatic carbocycles. The first-order valence-electron chi connectivity index (χ1n) is 7.58. The highest BCUT2D eigenvalue weighted by atomic mass is 35.5. The van der Waals surface area contributed by atoms with Crippen molar-refractivity contribution in [1.82, 2.24) is 4.98 Å². The normalized spacial score (nSPS) is 10.6. The summed E-state index contributed by atoms with van der Waals surface area (Å²) in [5, 5.41) is 4.44. The molecule has 0 spiro atoms. The van der Waals surface area contributed by atoms with Crippen LogP contribution in [-0.4, -0.2) is 17.5 Å². The van der Waals surface area contributed by atoms with Gasteiger partial charge >= 0.3 is 0 Å². The van der Waals surface area contributed by atoms with Crippen molar-refractivity contribution in [3.05, 3.63) is 64.8 Å². The Morgan fingerprint density at radius 2 is 2.00 bits per heavy atom. The summed E-state index contributed by atoms with van der Waals surface area (Å²) >= 11 is 5.98. The maximum atomic E-state index is 12.2. The molecule has 0 radical (unpaired) electrons. The molecule has 0 bridgehead atoms. The van der Waals surface area contributed by atoms with E-state index in [0.717, 1.165) is 27.8 Å². The standard InChI is InChI=1S/C19H17ClN2O2/c1-12-10-14(7-9-16(12)20)24-11-19(23)22-18-5-3-4-17-15(18)8-6-13(2)21-17/h3-10H,11H2,1-2H3,(H,22,23). The number of benzene rings is 2. The molecular weight excluding hydrogens is 324 g/mol. The van der Waals surface area contributed by atoms with Gasteiger partial charge in [0.2, 0.25) is 0 Å². The van der Waals surface area contributed by atoms with E-state index in [4.69, 9.17) is 16.3 Å². The van der Waals surface area contributed by atoms with Crippen molar-refractivity contribution >= 4 is 34.1 Å². The predicted octanol–water partition coefficient (Wildman–Crippen LogP) is 4.52. The molecule has 5 heteroatoms. The molecule has 0 saturated heterocycles. The molecule has 4 nitrogen and oxygen atoms in total. The number of ether oxygens (including phenoxy) is 1. The monoisotopic (exact) mass is 340 g/mol. The van der Waals surface area contributed by atoms with Crippen LogP contribution in [0.5, 0.6) is 5.75 Å². The minimum atomic E-state index is -0.226. The van der Waals surface area contributed by atoms with Crippen molar-refractivity contribution in [2.24, 2.45) is 0 Å². The molecule has 0 unspecified atom stereocenters. The number of hydrogen-bond acceptors (Lipinski definition) is 3. The second-order valence-electron chi connectivity index (χ2n) is 5.57. The van der Waals surface area contributed by atoms with Crippen molar-refractivity contribution in [3.8, 4) is 5.75 Å². The van der Waals surface area contributed by atoms with Crippen molar-refractivity contribution < 1.29 is 9.53 Å². The zero-order chi connectivity index (χ0) is 17.1. The summed E-state index contributed by atoms with van der Waals surface area (Å²) in [6.07, 6.45) is 0. The van der Waals surface area contributed by atoms with Gasteiger partial charge in [-0.1, -0.05) is 17.7 Å². The Bertz CT molecular complexity index is 909. The number of amides is 1. The smallest absolute Gasteiger partial charge is 0.262 e. The summed E-state index contributed by atoms with van der Waals surface area (Å²) in [7, 11) is 0. The SMILES string of the molecule is Cc1ccc2c(NC(=O)COc3ccc(Cl)c(C)c3)cccc2n1. The van der Waals surface area contributed by atoms with E-state index in [1.807, 2.05) is 44.2 Å². The Hall–Kier alpha value is -2.59. The topological polar surface area (TPSA) is 51.2 Å². The molecule has 0 aliphatic heterocycles. The lowest BCUT2D eigenvalue weighted by molar-refractivity contribution is -0.118. The second kappa shape index (κ2) is 6.89. The summed E-state index contributed by atoms with van der Waals surface area (Å²) in [6, 6.07) is 14.8. The van der Waals surface area contributed by atoms with Crippen LogP contribution in [0.4, 0.5) is 5.69 Å². The van der Waals surface area contributed by atoms with Crippen molar-refractivity contribution in [1.29, 1.82) is 0 Å². The molecule has 1 N–H and O–H groups in total. The number of halogens is 1. The predicted molar refractivity (Wildman–Crippen MR) is 96.8 cm³/mol. The van der Waals surface area contributed by atoms with E-state index in [1.165, 1.54) is 0 Å². The van der Waals surface area contributed by atoms with E-state index in [1.54, 1.807) is 18.2 Å². The van der Waals surface area contributed by atoms with Gasteiger partial charge in [-0.15, -0.1) is 0 Å². The number of fused-ring (bicyclic) bond motifs is 1. The molecule has 1 amide bonds. The van der Waals surface area contributed by atoms with Crippen LogP contribution in [0.3, 0.4) is 0 Å². The maximum absolute atomic E-state index is 12.2. The third kappa shape index (κ3) is 3.66. The van der Waals surface area contributed by atoms with E-state index in [-0.39, 0.29) is 12.5 Å². The third-order valence-electron chi connectivity index (χ3n) is 3.64. The Morgan fingerprint density at radius 3 is 2.79 bits per heavy atom. The lowest BCUT2D eigenvalue weighted by Crippen LogP contribution is -2.20. The van der Waals surface area contributed by atoms with E-state index < -0.39 is 0 Å². The van der Waals surface area contributed by atoms with Crippen LogP contribution < -0.4 is 10.1 Å². The first-order chi connectivity index (χ1) is 11.5. The van der Waals surface area contributed by atoms with Gasteiger partial charge in [-0.2, -0.15) is 0 Å². The van der Waals surface area contributed by atoms with Crippen molar-refractivity contribution in [2.75, 3.05) is 11.9 Å². The van der Waals surface area contributed by atoms with Gasteiger partial charge in [0.15, 0.2) is 6.61 Å². The summed E-state index contributed by atoms with van der Waals surface area (Å²) in [5.74, 6) is 0.387. The molecule has 24 heavy (non-hydrogen) atoms. The van der Waals surface area contributed by atoms with Gasteiger partial charge in [0.1, 0.15) is 5.75 Å². The summed E-state index contributed by atoms with van der Waals surface area (Å²) in [6.45, 7) is 3.75. The highest BCUT2D eigenvalue weighted by Gasteiger charge is 2.08. The molecule has 2 aromatic carbocycles. The summed E-state index contributed by atoms with van der Waals surface area (Å²) < 4.78 is 5.52. The zero-order valence-electron chi connectivity index (χ0n) is 13.5. The van der Waals surface area contributed by atoms with Gasteiger partial charge in [-0.05, 0) is 61.9 Å². The third-order valence-corrected chi connectivity index (χ3v) is 4.07. The second-order valence-corrected chi connectivity index (χ2v) is 5.98. The number of rotatable bonds is 4. The van der Waals surface area contributed by atoms with Crippen molar-refractivity contribution in [2.45, 2.75) is 13.8 Å². The number of nitrogens with zero attached hydrogens (tertiary/aromatic N) is 1. The molecule has 122 valence electrons.